The fourth-order valence-corrected chi connectivity index (χ4v) is 8.46. The summed E-state index contributed by atoms with van der Waals surface area (Å²) in [5.74, 6) is 0.901. The van der Waals surface area contributed by atoms with Gasteiger partial charge in [-0.3, -0.25) is 0 Å². The molecular weight excluding hydrogens is 641 g/mol. The molecule has 0 bridgehead atoms. The van der Waals surface area contributed by atoms with Crippen molar-refractivity contribution >= 4 is 11.4 Å². The number of aryl methyl sites for hydroxylation is 4. The van der Waals surface area contributed by atoms with Crippen molar-refractivity contribution in [1.29, 1.82) is 0 Å². The zero-order chi connectivity index (χ0) is 37.7. The highest BCUT2D eigenvalue weighted by Crippen LogP contribution is 2.35. The van der Waals surface area contributed by atoms with E-state index in [1.54, 1.807) is 0 Å². The summed E-state index contributed by atoms with van der Waals surface area (Å²) < 4.78 is 0. The number of nitrogen functional groups attached to an aromatic ring is 2. The molecule has 2 atom stereocenters. The molecule has 4 aromatic rings. The molecule has 2 nitrogen and oxygen atoms in total. The van der Waals surface area contributed by atoms with Crippen LogP contribution in [0.3, 0.4) is 0 Å². The molecule has 4 N–H and O–H groups in total. The number of nitrogens with two attached hydrogens (primary N) is 2. The van der Waals surface area contributed by atoms with E-state index in [0.29, 0.717) is 11.8 Å². The molecule has 0 spiro atoms. The second kappa shape index (κ2) is 24.0. The molecule has 2 heteroatoms. The van der Waals surface area contributed by atoms with Crippen molar-refractivity contribution in [1.82, 2.24) is 0 Å². The molecular formula is C51H74N2. The van der Waals surface area contributed by atoms with Gasteiger partial charge in [0.2, 0.25) is 0 Å². The monoisotopic (exact) mass is 715 g/mol. The summed E-state index contributed by atoms with van der Waals surface area (Å²) in [5.41, 5.74) is 25.4. The lowest BCUT2D eigenvalue weighted by molar-refractivity contribution is 0.567. The normalized spacial score (nSPS) is 12.6. The van der Waals surface area contributed by atoms with Gasteiger partial charge in [-0.2, -0.15) is 0 Å². The van der Waals surface area contributed by atoms with Crippen LogP contribution < -0.4 is 11.5 Å². The molecule has 0 fully saturated rings. The van der Waals surface area contributed by atoms with Crippen LogP contribution in [0.25, 0.3) is 0 Å². The van der Waals surface area contributed by atoms with Gasteiger partial charge in [0.05, 0.1) is 0 Å². The van der Waals surface area contributed by atoms with E-state index >= 15 is 0 Å². The van der Waals surface area contributed by atoms with Gasteiger partial charge in [0, 0.05) is 23.2 Å². The molecule has 288 valence electrons. The van der Waals surface area contributed by atoms with Gasteiger partial charge in [0.1, 0.15) is 0 Å². The van der Waals surface area contributed by atoms with Crippen molar-refractivity contribution in [2.24, 2.45) is 0 Å². The average molecular weight is 715 g/mol. The van der Waals surface area contributed by atoms with E-state index in [0.717, 1.165) is 11.4 Å². The van der Waals surface area contributed by atoms with Gasteiger partial charge in [-0.05, 0) is 121 Å². The molecule has 0 aliphatic heterocycles. The minimum absolute atomic E-state index is 0.450. The molecule has 0 saturated heterocycles. The molecule has 53 heavy (non-hydrogen) atoms. The molecule has 4 rings (SSSR count). The zero-order valence-electron chi connectivity index (χ0n) is 34.2. The Kier molecular flexibility index (Phi) is 19.1. The number of rotatable bonds is 26. The Morgan fingerprint density at radius 3 is 1.09 bits per heavy atom. The Labute approximate surface area is 325 Å². The van der Waals surface area contributed by atoms with Crippen molar-refractivity contribution in [3.8, 4) is 0 Å². The Hall–Kier alpha value is -3.52. The van der Waals surface area contributed by atoms with E-state index in [1.165, 1.54) is 179 Å². The maximum absolute atomic E-state index is 6.13. The van der Waals surface area contributed by atoms with Crippen LogP contribution in [0.5, 0.6) is 0 Å². The molecule has 0 aliphatic rings. The van der Waals surface area contributed by atoms with Crippen LogP contribution in [0, 0.1) is 13.8 Å². The van der Waals surface area contributed by atoms with Gasteiger partial charge in [0.15, 0.2) is 0 Å². The van der Waals surface area contributed by atoms with Crippen LogP contribution in [-0.4, -0.2) is 0 Å². The fraction of sp³-hybridized carbons (Fsp3) is 0.529. The van der Waals surface area contributed by atoms with E-state index in [-0.39, 0.29) is 0 Å². The number of hydrogen-bond donors (Lipinski definition) is 2. The summed E-state index contributed by atoms with van der Waals surface area (Å²) in [7, 11) is 0. The SMILES string of the molecule is CCCCCCCCC(c1ccc(CCCCCCCc2ccc(C(CCCCCCCC)c3ccc(N)cc3C)cc2)cc1)c1ccc(N)cc1C. The van der Waals surface area contributed by atoms with E-state index in [1.807, 2.05) is 0 Å². The van der Waals surface area contributed by atoms with Crippen LogP contribution >= 0.6 is 0 Å². The van der Waals surface area contributed by atoms with Gasteiger partial charge in [-0.25, -0.2) is 0 Å². The number of hydrogen-bond acceptors (Lipinski definition) is 2. The van der Waals surface area contributed by atoms with Crippen LogP contribution in [0.4, 0.5) is 11.4 Å². The van der Waals surface area contributed by atoms with Gasteiger partial charge in [-0.15, -0.1) is 0 Å². The molecule has 0 heterocycles. The maximum atomic E-state index is 6.13. The standard InChI is InChI=1S/C51H74N2/c1-5-7-9-11-16-20-24-50(48-36-34-46(52)38-40(48)3)44-30-26-42(27-31-44)22-18-14-13-15-19-23-43-28-32-45(33-29-43)51(25-21-17-12-10-8-6-2)49-37-35-47(53)39-41(49)4/h26-39,50-51H,5-25,52-53H2,1-4H3. The number of benzene rings is 4. The van der Waals surface area contributed by atoms with Crippen LogP contribution in [0.15, 0.2) is 84.9 Å². The first kappa shape index (κ1) is 42.2. The van der Waals surface area contributed by atoms with E-state index in [9.17, 15) is 0 Å². The Morgan fingerprint density at radius 1 is 0.396 bits per heavy atom. The molecule has 0 saturated carbocycles. The molecule has 0 aliphatic carbocycles. The highest BCUT2D eigenvalue weighted by molar-refractivity contribution is 5.49. The zero-order valence-corrected chi connectivity index (χ0v) is 34.2. The smallest absolute Gasteiger partial charge is 0.0316 e. The lowest BCUT2D eigenvalue weighted by Crippen LogP contribution is -2.05. The highest BCUT2D eigenvalue weighted by Gasteiger charge is 2.18. The Bertz CT molecular complexity index is 1450. The van der Waals surface area contributed by atoms with Gasteiger partial charge in [0.25, 0.3) is 0 Å². The van der Waals surface area contributed by atoms with Gasteiger partial charge >= 0.3 is 0 Å². The third kappa shape index (κ3) is 14.7. The molecule has 2 unspecified atom stereocenters. The summed E-state index contributed by atoms with van der Waals surface area (Å²) in [6.45, 7) is 9.04. The molecule has 0 aromatic heterocycles. The molecule has 0 amide bonds. The van der Waals surface area contributed by atoms with Crippen LogP contribution in [0.2, 0.25) is 0 Å². The van der Waals surface area contributed by atoms with Gasteiger partial charge in [-0.1, -0.05) is 171 Å². The Balaban J connectivity index is 1.20. The number of unbranched alkanes of at least 4 members (excludes halogenated alkanes) is 14. The van der Waals surface area contributed by atoms with Crippen molar-refractivity contribution in [2.75, 3.05) is 11.5 Å². The highest BCUT2D eigenvalue weighted by atomic mass is 14.5. The van der Waals surface area contributed by atoms with Crippen molar-refractivity contribution in [2.45, 2.75) is 174 Å². The predicted molar refractivity (Wildman–Crippen MR) is 234 cm³/mol. The Morgan fingerprint density at radius 2 is 0.736 bits per heavy atom. The summed E-state index contributed by atoms with van der Waals surface area (Å²) in [4.78, 5) is 0. The average Bonchev–Trinajstić information content (AvgIpc) is 3.15. The van der Waals surface area contributed by atoms with Crippen molar-refractivity contribution in [3.05, 3.63) is 129 Å². The van der Waals surface area contributed by atoms with E-state index in [2.05, 4.69) is 113 Å². The van der Waals surface area contributed by atoms with Crippen LogP contribution in [0.1, 0.15) is 192 Å². The third-order valence-electron chi connectivity index (χ3n) is 11.7. The second-order valence-electron chi connectivity index (χ2n) is 16.2. The summed E-state index contributed by atoms with van der Waals surface area (Å²) >= 11 is 0. The lowest BCUT2D eigenvalue weighted by atomic mass is 9.84. The fourth-order valence-electron chi connectivity index (χ4n) is 8.46. The van der Waals surface area contributed by atoms with E-state index < -0.39 is 0 Å². The minimum atomic E-state index is 0.450. The summed E-state index contributed by atoms with van der Waals surface area (Å²) in [5, 5.41) is 0. The second-order valence-corrected chi connectivity index (χ2v) is 16.2. The third-order valence-corrected chi connectivity index (χ3v) is 11.7. The first-order valence-corrected chi connectivity index (χ1v) is 21.8. The summed E-state index contributed by atoms with van der Waals surface area (Å²) in [6.07, 6.45) is 27.3. The quantitative estimate of drug-likeness (QED) is 0.0502. The minimum Gasteiger partial charge on any atom is -0.399 e. The maximum Gasteiger partial charge on any atom is 0.0316 e. The molecule has 4 aromatic carbocycles. The van der Waals surface area contributed by atoms with Crippen molar-refractivity contribution < 1.29 is 0 Å². The van der Waals surface area contributed by atoms with E-state index in [4.69, 9.17) is 11.5 Å². The van der Waals surface area contributed by atoms with Gasteiger partial charge < -0.3 is 11.5 Å². The first-order chi connectivity index (χ1) is 25.9. The largest absolute Gasteiger partial charge is 0.399 e. The topological polar surface area (TPSA) is 52.0 Å². The predicted octanol–water partition coefficient (Wildman–Crippen LogP) is 15.0. The first-order valence-electron chi connectivity index (χ1n) is 21.8. The van der Waals surface area contributed by atoms with Crippen LogP contribution in [-0.2, 0) is 12.8 Å². The van der Waals surface area contributed by atoms with Crippen molar-refractivity contribution in [3.63, 3.8) is 0 Å². The lowest BCUT2D eigenvalue weighted by Gasteiger charge is -2.21. The summed E-state index contributed by atoms with van der Waals surface area (Å²) in [6, 6.07) is 32.2. The molecule has 0 radical (unpaired) electrons. The number of anilines is 2.